The van der Waals surface area contributed by atoms with Crippen molar-refractivity contribution >= 4 is 9.05 Å². The summed E-state index contributed by atoms with van der Waals surface area (Å²) in [5.41, 5.74) is 0. The second-order valence-corrected chi connectivity index (χ2v) is 7.11. The van der Waals surface area contributed by atoms with E-state index in [2.05, 4.69) is 0 Å². The molecule has 7 heteroatoms. The van der Waals surface area contributed by atoms with E-state index in [-0.39, 0.29) is 23.0 Å². The first-order valence-electron chi connectivity index (χ1n) is 7.56. The summed E-state index contributed by atoms with van der Waals surface area (Å²) in [5.74, 6) is 1.13. The minimum absolute atomic E-state index is 0.0709. The van der Waals surface area contributed by atoms with Crippen LogP contribution < -0.4 is 17.7 Å². The first-order chi connectivity index (χ1) is 12.2. The predicted molar refractivity (Wildman–Crippen MR) is 90.9 cm³/mol. The molecule has 0 atom stereocenters. The molecular weight excluding hydrogens is 340 g/mol. The molecule has 0 saturated heterocycles. The summed E-state index contributed by atoms with van der Waals surface area (Å²) in [6.07, 6.45) is 0. The molecule has 0 fully saturated rings. The van der Waals surface area contributed by atoms with E-state index >= 15 is 0 Å². The summed E-state index contributed by atoms with van der Waals surface area (Å²) in [6, 6.07) is 19.9. The van der Waals surface area contributed by atoms with E-state index in [4.69, 9.17) is 17.7 Å². The molecule has 1 aliphatic rings. The van der Waals surface area contributed by atoms with E-state index in [1.54, 1.807) is 60.7 Å². The zero-order valence-corrected chi connectivity index (χ0v) is 14.0. The van der Waals surface area contributed by atoms with Gasteiger partial charge in [0.05, 0.1) is 0 Å². The third-order valence-corrected chi connectivity index (χ3v) is 5.40. The Hall–Kier alpha value is -3.32. The molecular formula is C18H14O6Si. The molecule has 1 aliphatic heterocycles. The van der Waals surface area contributed by atoms with E-state index in [0.717, 1.165) is 0 Å². The molecule has 6 nitrogen and oxygen atoms in total. The maximum absolute atomic E-state index is 10.0. The number of benzene rings is 3. The molecule has 3 aromatic carbocycles. The van der Waals surface area contributed by atoms with Gasteiger partial charge >= 0.3 is 9.05 Å². The van der Waals surface area contributed by atoms with Crippen molar-refractivity contribution in [1.82, 2.24) is 0 Å². The lowest BCUT2D eigenvalue weighted by Gasteiger charge is -2.22. The van der Waals surface area contributed by atoms with Gasteiger partial charge in [0.25, 0.3) is 0 Å². The lowest BCUT2D eigenvalue weighted by Crippen LogP contribution is -2.57. The Morgan fingerprint density at radius 1 is 0.600 bits per heavy atom. The summed E-state index contributed by atoms with van der Waals surface area (Å²) in [7, 11) is -3.80. The summed E-state index contributed by atoms with van der Waals surface area (Å²) < 4.78 is 23.4. The van der Waals surface area contributed by atoms with Gasteiger partial charge < -0.3 is 27.9 Å². The van der Waals surface area contributed by atoms with Gasteiger partial charge in [-0.25, -0.2) is 0 Å². The fourth-order valence-corrected chi connectivity index (χ4v) is 4.38. The average Bonchev–Trinajstić information content (AvgIpc) is 2.97. The van der Waals surface area contributed by atoms with Crippen LogP contribution in [0.1, 0.15) is 0 Å². The SMILES string of the molecule is Oc1ccccc1O[Si]1(Oc2ccccc2O)Oc2ccccc2O1. The third kappa shape index (κ3) is 2.92. The van der Waals surface area contributed by atoms with Gasteiger partial charge in [0.15, 0.2) is 34.5 Å². The number of phenolic OH excluding ortho intramolecular Hbond substituents is 2. The van der Waals surface area contributed by atoms with E-state index in [1.165, 1.54) is 12.1 Å². The molecule has 1 heterocycles. The molecule has 0 saturated carbocycles. The highest BCUT2D eigenvalue weighted by Crippen LogP contribution is 2.41. The maximum Gasteiger partial charge on any atom is 0.967 e. The van der Waals surface area contributed by atoms with Gasteiger partial charge in [0, 0.05) is 0 Å². The van der Waals surface area contributed by atoms with Crippen molar-refractivity contribution in [2.75, 3.05) is 0 Å². The van der Waals surface area contributed by atoms with Crippen molar-refractivity contribution < 1.29 is 27.9 Å². The van der Waals surface area contributed by atoms with Gasteiger partial charge in [-0.05, 0) is 36.4 Å². The van der Waals surface area contributed by atoms with Crippen molar-refractivity contribution in [1.29, 1.82) is 0 Å². The number of para-hydroxylation sites is 6. The molecule has 4 rings (SSSR count). The van der Waals surface area contributed by atoms with Gasteiger partial charge in [-0.2, -0.15) is 0 Å². The van der Waals surface area contributed by atoms with Crippen molar-refractivity contribution in [3.8, 4) is 34.5 Å². The minimum Gasteiger partial charge on any atom is -0.504 e. The third-order valence-electron chi connectivity index (χ3n) is 3.52. The van der Waals surface area contributed by atoms with Crippen LogP contribution in [0.5, 0.6) is 34.5 Å². The lowest BCUT2D eigenvalue weighted by molar-refractivity contribution is 0.184. The number of hydrogen-bond acceptors (Lipinski definition) is 6. The average molecular weight is 354 g/mol. The van der Waals surface area contributed by atoms with Crippen LogP contribution in [0.2, 0.25) is 0 Å². The largest absolute Gasteiger partial charge is 0.967 e. The maximum atomic E-state index is 10.0. The molecule has 0 aromatic heterocycles. The van der Waals surface area contributed by atoms with Gasteiger partial charge in [-0.15, -0.1) is 0 Å². The van der Waals surface area contributed by atoms with Gasteiger partial charge in [-0.1, -0.05) is 36.4 Å². The summed E-state index contributed by atoms with van der Waals surface area (Å²) in [5, 5.41) is 20.0. The number of aromatic hydroxyl groups is 2. The number of phenols is 2. The van der Waals surface area contributed by atoms with Crippen LogP contribution in [0.15, 0.2) is 72.8 Å². The van der Waals surface area contributed by atoms with E-state index in [0.29, 0.717) is 11.5 Å². The quantitative estimate of drug-likeness (QED) is 0.699. The number of hydrogen-bond donors (Lipinski definition) is 2. The summed E-state index contributed by atoms with van der Waals surface area (Å²) in [4.78, 5) is 0. The second-order valence-electron chi connectivity index (χ2n) is 5.29. The molecule has 0 unspecified atom stereocenters. The van der Waals surface area contributed by atoms with Crippen LogP contribution in [0.3, 0.4) is 0 Å². The fraction of sp³-hybridized carbons (Fsp3) is 0. The predicted octanol–water partition coefficient (Wildman–Crippen LogP) is 3.46. The van der Waals surface area contributed by atoms with Gasteiger partial charge in [-0.3, -0.25) is 0 Å². The summed E-state index contributed by atoms with van der Waals surface area (Å²) >= 11 is 0. The molecule has 126 valence electrons. The highest BCUT2D eigenvalue weighted by molar-refractivity contribution is 6.58. The summed E-state index contributed by atoms with van der Waals surface area (Å²) in [6.45, 7) is 0. The first-order valence-corrected chi connectivity index (χ1v) is 9.20. The normalized spacial score (nSPS) is 14.1. The Kier molecular flexibility index (Phi) is 3.62. The lowest BCUT2D eigenvalue weighted by atomic mass is 10.3. The van der Waals surface area contributed by atoms with Crippen LogP contribution in [-0.4, -0.2) is 19.3 Å². The zero-order valence-electron chi connectivity index (χ0n) is 13.0. The monoisotopic (exact) mass is 354 g/mol. The molecule has 0 bridgehead atoms. The molecule has 25 heavy (non-hydrogen) atoms. The fourth-order valence-electron chi connectivity index (χ4n) is 2.37. The van der Waals surface area contributed by atoms with E-state index < -0.39 is 9.05 Å². The molecule has 0 amide bonds. The standard InChI is InChI=1S/C18H14O6Si/c19-13-7-1-3-9-15(13)21-25(22-16-10-4-2-8-14(16)20)23-17-11-5-6-12-18(17)24-25/h1-12,19-20H. The van der Waals surface area contributed by atoms with Crippen molar-refractivity contribution in [2.45, 2.75) is 0 Å². The molecule has 0 aliphatic carbocycles. The first kappa shape index (κ1) is 15.2. The molecule has 3 aromatic rings. The molecule has 0 spiro atoms. The highest BCUT2D eigenvalue weighted by Gasteiger charge is 2.63. The Balaban J connectivity index is 1.72. The number of fused-ring (bicyclic) bond motifs is 1. The van der Waals surface area contributed by atoms with Crippen LogP contribution in [-0.2, 0) is 0 Å². The van der Waals surface area contributed by atoms with E-state index in [1.807, 2.05) is 0 Å². The van der Waals surface area contributed by atoms with Crippen LogP contribution in [0.25, 0.3) is 0 Å². The van der Waals surface area contributed by atoms with Crippen molar-refractivity contribution in [2.24, 2.45) is 0 Å². The molecule has 0 radical (unpaired) electrons. The Labute approximate surface area is 144 Å². The van der Waals surface area contributed by atoms with Crippen molar-refractivity contribution in [3.63, 3.8) is 0 Å². The number of rotatable bonds is 4. The smallest absolute Gasteiger partial charge is 0.504 e. The van der Waals surface area contributed by atoms with Crippen LogP contribution >= 0.6 is 0 Å². The van der Waals surface area contributed by atoms with Crippen molar-refractivity contribution in [3.05, 3.63) is 72.8 Å². The van der Waals surface area contributed by atoms with Crippen LogP contribution in [0.4, 0.5) is 0 Å². The Bertz CT molecular complexity index is 839. The van der Waals surface area contributed by atoms with Gasteiger partial charge in [0.2, 0.25) is 0 Å². The second kappa shape index (κ2) is 5.95. The Morgan fingerprint density at radius 2 is 1.00 bits per heavy atom. The topological polar surface area (TPSA) is 77.4 Å². The molecule has 2 N–H and O–H groups in total. The minimum atomic E-state index is -3.80. The van der Waals surface area contributed by atoms with E-state index in [9.17, 15) is 10.2 Å². The van der Waals surface area contributed by atoms with Crippen LogP contribution in [0, 0.1) is 0 Å². The Morgan fingerprint density at radius 3 is 1.44 bits per heavy atom. The van der Waals surface area contributed by atoms with Gasteiger partial charge in [0.1, 0.15) is 0 Å². The highest BCUT2D eigenvalue weighted by atomic mass is 28.4. The zero-order chi connectivity index (χ0) is 17.3.